The lowest BCUT2D eigenvalue weighted by Crippen LogP contribution is -2.26. The van der Waals surface area contributed by atoms with Crippen molar-refractivity contribution in [3.05, 3.63) is 22.2 Å². The van der Waals surface area contributed by atoms with E-state index in [0.717, 1.165) is 11.8 Å². The minimum Gasteiger partial charge on any atom is -0.504 e. The Morgan fingerprint density at radius 2 is 2.30 bits per heavy atom. The smallest absolute Gasteiger partial charge is 0.305 e. The number of benzene rings is 1. The number of halogens is 1. The van der Waals surface area contributed by atoms with Gasteiger partial charge >= 0.3 is 5.97 Å². The Labute approximate surface area is 143 Å². The van der Waals surface area contributed by atoms with Crippen LogP contribution in [0.1, 0.15) is 12.0 Å². The van der Waals surface area contributed by atoms with E-state index in [4.69, 9.17) is 9.84 Å². The summed E-state index contributed by atoms with van der Waals surface area (Å²) in [6.07, 6.45) is 1.01. The van der Waals surface area contributed by atoms with Gasteiger partial charge in [0.1, 0.15) is 5.25 Å². The highest BCUT2D eigenvalue weighted by Gasteiger charge is 2.32. The second-order valence-electron chi connectivity index (χ2n) is 4.39. The van der Waals surface area contributed by atoms with Crippen molar-refractivity contribution in [1.29, 1.82) is 0 Å². The van der Waals surface area contributed by atoms with Crippen molar-refractivity contribution >= 4 is 51.0 Å². The maximum atomic E-state index is 11.5. The highest BCUT2D eigenvalue weighted by Crippen LogP contribution is 2.32. The largest absolute Gasteiger partial charge is 0.504 e. The van der Waals surface area contributed by atoms with Gasteiger partial charge < -0.3 is 20.3 Å². The highest BCUT2D eigenvalue weighted by atomic mass is 79.9. The molecule has 0 spiro atoms. The van der Waals surface area contributed by atoms with E-state index in [-0.39, 0.29) is 23.1 Å². The van der Waals surface area contributed by atoms with E-state index in [1.54, 1.807) is 12.1 Å². The van der Waals surface area contributed by atoms with Gasteiger partial charge in [0.15, 0.2) is 16.7 Å². The van der Waals surface area contributed by atoms with E-state index >= 15 is 0 Å². The van der Waals surface area contributed by atoms with E-state index in [1.165, 1.54) is 13.3 Å². The van der Waals surface area contributed by atoms with Crippen molar-refractivity contribution in [2.24, 2.45) is 10.2 Å². The molecular weight excluding hydrogens is 390 g/mol. The number of phenolic OH excluding ortho intramolecular Hbond substituents is 1. The normalized spacial score (nSPS) is 19.3. The molecule has 122 valence electrons. The number of carbonyl (C=O) groups excluding carboxylic acids is 1. The quantitative estimate of drug-likeness (QED) is 0.508. The van der Waals surface area contributed by atoms with Crippen LogP contribution in [0, 0.1) is 0 Å². The zero-order valence-electron chi connectivity index (χ0n) is 11.8. The number of amidine groups is 1. The number of amides is 1. The summed E-state index contributed by atoms with van der Waals surface area (Å²) in [7, 11) is 1.43. The molecule has 8 nitrogen and oxygen atoms in total. The second kappa shape index (κ2) is 7.47. The molecule has 1 saturated heterocycles. The molecule has 1 fully saturated rings. The third kappa shape index (κ3) is 4.45. The number of carboxylic acids is 1. The SMILES string of the molecule is COc1cc(Br)cc(/C=N/N=C2/NC(=O)[C@H](CC(=O)O)S2)c1O. The molecule has 0 bridgehead atoms. The number of hydrogen-bond acceptors (Lipinski definition) is 7. The summed E-state index contributed by atoms with van der Waals surface area (Å²) in [6, 6.07) is 3.22. The van der Waals surface area contributed by atoms with Crippen LogP contribution in [0.15, 0.2) is 26.8 Å². The number of thioether (sulfide) groups is 1. The van der Waals surface area contributed by atoms with Gasteiger partial charge in [0, 0.05) is 10.0 Å². The molecule has 1 heterocycles. The molecule has 1 atom stereocenters. The van der Waals surface area contributed by atoms with Crippen LogP contribution in [0.2, 0.25) is 0 Å². The number of phenols is 1. The molecule has 0 saturated carbocycles. The maximum Gasteiger partial charge on any atom is 0.305 e. The number of hydrogen-bond donors (Lipinski definition) is 3. The van der Waals surface area contributed by atoms with Crippen molar-refractivity contribution in [3.8, 4) is 11.5 Å². The lowest BCUT2D eigenvalue weighted by atomic mass is 10.2. The average molecular weight is 402 g/mol. The van der Waals surface area contributed by atoms with Crippen LogP contribution >= 0.6 is 27.7 Å². The van der Waals surface area contributed by atoms with Crippen LogP contribution in [-0.2, 0) is 9.59 Å². The summed E-state index contributed by atoms with van der Waals surface area (Å²) in [4.78, 5) is 22.2. The number of ether oxygens (including phenoxy) is 1. The van der Waals surface area contributed by atoms with E-state index in [2.05, 4.69) is 31.4 Å². The average Bonchev–Trinajstić information content (AvgIpc) is 2.81. The Balaban J connectivity index is 2.12. The number of nitrogens with zero attached hydrogens (tertiary/aromatic N) is 2. The molecule has 1 aromatic rings. The zero-order valence-corrected chi connectivity index (χ0v) is 14.2. The van der Waals surface area contributed by atoms with Crippen LogP contribution < -0.4 is 10.1 Å². The summed E-state index contributed by atoms with van der Waals surface area (Å²) in [5.74, 6) is -1.29. The molecule has 1 amide bonds. The number of carboxylic acid groups (broad SMARTS) is 1. The first kappa shape index (κ1) is 17.3. The maximum absolute atomic E-state index is 11.5. The van der Waals surface area contributed by atoms with Crippen LogP contribution in [-0.4, -0.2) is 45.8 Å². The number of carbonyl (C=O) groups is 2. The molecule has 0 aliphatic carbocycles. The molecule has 0 aromatic heterocycles. The fourth-order valence-corrected chi connectivity index (χ4v) is 3.11. The molecule has 3 N–H and O–H groups in total. The van der Waals surface area contributed by atoms with E-state index in [1.807, 2.05) is 0 Å². The molecule has 0 unspecified atom stereocenters. The minimum absolute atomic E-state index is 0.0912. The number of aromatic hydroxyl groups is 1. The first-order chi connectivity index (χ1) is 10.9. The summed E-state index contributed by atoms with van der Waals surface area (Å²) >= 11 is 4.27. The zero-order chi connectivity index (χ0) is 17.0. The van der Waals surface area contributed by atoms with E-state index in [0.29, 0.717) is 10.0 Å². The van der Waals surface area contributed by atoms with Crippen LogP contribution in [0.4, 0.5) is 0 Å². The number of aliphatic carboxylic acids is 1. The third-order valence-corrected chi connectivity index (χ3v) is 4.30. The molecule has 0 radical (unpaired) electrons. The van der Waals surface area contributed by atoms with Gasteiger partial charge in [0.05, 0.1) is 19.7 Å². The Morgan fingerprint density at radius 1 is 1.57 bits per heavy atom. The Bertz CT molecular complexity index is 707. The highest BCUT2D eigenvalue weighted by molar-refractivity contribution is 9.10. The standard InChI is InChI=1S/C13H12BrN3O5S/c1-22-8-3-7(14)2-6(11(8)20)5-15-17-13-16-12(21)9(23-13)4-10(18)19/h2-3,5,9,20H,4H2,1H3,(H,18,19)(H,16,17,21)/b15-5+/t9-/m0/s1. The van der Waals surface area contributed by atoms with Crippen LogP contribution in [0.25, 0.3) is 0 Å². The van der Waals surface area contributed by atoms with E-state index < -0.39 is 17.1 Å². The Hall–Kier alpha value is -2.07. The van der Waals surface area contributed by atoms with Crippen molar-refractivity contribution in [3.63, 3.8) is 0 Å². The fourth-order valence-electron chi connectivity index (χ4n) is 1.74. The number of rotatable bonds is 5. The predicted octanol–water partition coefficient (Wildman–Crippen LogP) is 1.56. The Morgan fingerprint density at radius 3 is 2.96 bits per heavy atom. The van der Waals surface area contributed by atoms with Crippen molar-refractivity contribution in [2.45, 2.75) is 11.7 Å². The Kier molecular flexibility index (Phi) is 5.61. The van der Waals surface area contributed by atoms with Crippen LogP contribution in [0.5, 0.6) is 11.5 Å². The van der Waals surface area contributed by atoms with Gasteiger partial charge in [-0.05, 0) is 12.1 Å². The first-order valence-corrected chi connectivity index (χ1v) is 7.94. The topological polar surface area (TPSA) is 121 Å². The van der Waals surface area contributed by atoms with Gasteiger partial charge in [-0.3, -0.25) is 9.59 Å². The molecule has 1 aromatic carbocycles. The lowest BCUT2D eigenvalue weighted by molar-refractivity contribution is -0.138. The summed E-state index contributed by atoms with van der Waals surface area (Å²) in [5, 5.41) is 28.2. The van der Waals surface area contributed by atoms with Crippen LogP contribution in [0.3, 0.4) is 0 Å². The summed E-state index contributed by atoms with van der Waals surface area (Å²) < 4.78 is 5.70. The van der Waals surface area contributed by atoms with Crippen molar-refractivity contribution in [2.75, 3.05) is 7.11 Å². The summed E-state index contributed by atoms with van der Waals surface area (Å²) in [6.45, 7) is 0. The van der Waals surface area contributed by atoms with Gasteiger partial charge in [-0.1, -0.05) is 27.7 Å². The molecule has 1 aliphatic heterocycles. The van der Waals surface area contributed by atoms with Gasteiger partial charge in [-0.15, -0.1) is 5.10 Å². The number of nitrogens with one attached hydrogen (secondary N) is 1. The molecule has 2 rings (SSSR count). The van der Waals surface area contributed by atoms with Gasteiger partial charge in [0.25, 0.3) is 0 Å². The molecule has 23 heavy (non-hydrogen) atoms. The van der Waals surface area contributed by atoms with Gasteiger partial charge in [-0.25, -0.2) is 0 Å². The molecular formula is C13H12BrN3O5S. The second-order valence-corrected chi connectivity index (χ2v) is 6.50. The summed E-state index contributed by atoms with van der Waals surface area (Å²) in [5.41, 5.74) is 0.372. The van der Waals surface area contributed by atoms with Crippen molar-refractivity contribution < 1.29 is 24.5 Å². The lowest BCUT2D eigenvalue weighted by Gasteiger charge is -2.06. The third-order valence-electron chi connectivity index (χ3n) is 2.77. The monoisotopic (exact) mass is 401 g/mol. The van der Waals surface area contributed by atoms with Crippen molar-refractivity contribution in [1.82, 2.24) is 5.32 Å². The number of methoxy groups -OCH3 is 1. The molecule has 1 aliphatic rings. The van der Waals surface area contributed by atoms with Gasteiger partial charge in [0.2, 0.25) is 5.91 Å². The van der Waals surface area contributed by atoms with E-state index in [9.17, 15) is 14.7 Å². The van der Waals surface area contributed by atoms with Gasteiger partial charge in [-0.2, -0.15) is 5.10 Å². The first-order valence-electron chi connectivity index (χ1n) is 6.27. The predicted molar refractivity (Wildman–Crippen MR) is 89.2 cm³/mol. The molecule has 10 heteroatoms. The fraction of sp³-hybridized carbons (Fsp3) is 0.231. The minimum atomic E-state index is -1.06.